The van der Waals surface area contributed by atoms with E-state index < -0.39 is 18.1 Å². The monoisotopic (exact) mass is 226 g/mol. The Balaban J connectivity index is 2.86. The Morgan fingerprint density at radius 1 is 1.12 bits per heavy atom. The molecule has 4 nitrogen and oxygen atoms in total. The standard InChI is InChI=1S/C11H11FO4/c1-15-10(13)8-5-3-7(4-6-8)9(12)11(14)16-2/h3-6,9H,1-2H3. The zero-order valence-electron chi connectivity index (χ0n) is 8.90. The van der Waals surface area contributed by atoms with Gasteiger partial charge in [0.05, 0.1) is 19.8 Å². The summed E-state index contributed by atoms with van der Waals surface area (Å²) >= 11 is 0. The van der Waals surface area contributed by atoms with Crippen LogP contribution in [0, 0.1) is 0 Å². The van der Waals surface area contributed by atoms with Crippen molar-refractivity contribution in [2.75, 3.05) is 14.2 Å². The molecular formula is C11H11FO4. The number of esters is 2. The molecule has 86 valence electrons. The Morgan fingerprint density at radius 3 is 2.12 bits per heavy atom. The first-order valence-corrected chi connectivity index (χ1v) is 4.50. The van der Waals surface area contributed by atoms with Crippen LogP contribution in [-0.2, 0) is 14.3 Å². The third kappa shape index (κ3) is 2.56. The molecule has 16 heavy (non-hydrogen) atoms. The molecule has 0 amide bonds. The molecule has 0 aliphatic carbocycles. The molecule has 1 aromatic rings. The maximum atomic E-state index is 13.4. The van der Waals surface area contributed by atoms with Crippen molar-refractivity contribution in [1.82, 2.24) is 0 Å². The number of carbonyl (C=O) groups is 2. The first kappa shape index (κ1) is 12.2. The van der Waals surface area contributed by atoms with Gasteiger partial charge in [-0.1, -0.05) is 12.1 Å². The van der Waals surface area contributed by atoms with Crippen molar-refractivity contribution in [3.8, 4) is 0 Å². The largest absolute Gasteiger partial charge is 0.467 e. The predicted octanol–water partition coefficient (Wildman–Crippen LogP) is 1.66. The molecule has 0 aromatic heterocycles. The second-order valence-electron chi connectivity index (χ2n) is 3.00. The molecule has 1 unspecified atom stereocenters. The van der Waals surface area contributed by atoms with Crippen LogP contribution in [0.5, 0.6) is 0 Å². The van der Waals surface area contributed by atoms with Crippen molar-refractivity contribution >= 4 is 11.9 Å². The number of alkyl halides is 1. The highest BCUT2D eigenvalue weighted by atomic mass is 19.1. The lowest BCUT2D eigenvalue weighted by atomic mass is 10.1. The maximum absolute atomic E-state index is 13.4. The topological polar surface area (TPSA) is 52.6 Å². The van der Waals surface area contributed by atoms with E-state index in [4.69, 9.17) is 0 Å². The fourth-order valence-corrected chi connectivity index (χ4v) is 1.15. The molecule has 0 N–H and O–H groups in total. The van der Waals surface area contributed by atoms with Gasteiger partial charge in [-0.15, -0.1) is 0 Å². The second-order valence-corrected chi connectivity index (χ2v) is 3.00. The summed E-state index contributed by atoms with van der Waals surface area (Å²) in [5, 5.41) is 0. The molecule has 0 saturated carbocycles. The quantitative estimate of drug-likeness (QED) is 0.735. The van der Waals surface area contributed by atoms with Crippen LogP contribution in [0.1, 0.15) is 22.1 Å². The van der Waals surface area contributed by atoms with Crippen molar-refractivity contribution < 1.29 is 23.5 Å². The molecule has 0 spiro atoms. The Morgan fingerprint density at radius 2 is 1.69 bits per heavy atom. The average Bonchev–Trinajstić information content (AvgIpc) is 2.36. The van der Waals surface area contributed by atoms with Gasteiger partial charge in [-0.25, -0.2) is 14.0 Å². The van der Waals surface area contributed by atoms with Gasteiger partial charge < -0.3 is 9.47 Å². The number of carbonyl (C=O) groups excluding carboxylic acids is 2. The minimum absolute atomic E-state index is 0.138. The predicted molar refractivity (Wildman–Crippen MR) is 53.6 cm³/mol. The average molecular weight is 226 g/mol. The van der Waals surface area contributed by atoms with Crippen molar-refractivity contribution in [2.24, 2.45) is 0 Å². The van der Waals surface area contributed by atoms with Gasteiger partial charge in [0.25, 0.3) is 0 Å². The number of hydrogen-bond acceptors (Lipinski definition) is 4. The van der Waals surface area contributed by atoms with Crippen LogP contribution in [0.15, 0.2) is 24.3 Å². The number of halogens is 1. The smallest absolute Gasteiger partial charge is 0.345 e. The summed E-state index contributed by atoms with van der Waals surface area (Å²) < 4.78 is 22.1. The van der Waals surface area contributed by atoms with E-state index in [0.29, 0.717) is 5.56 Å². The summed E-state index contributed by atoms with van der Waals surface area (Å²) in [5.74, 6) is -1.48. The third-order valence-electron chi connectivity index (χ3n) is 2.03. The Labute approximate surface area is 92.0 Å². The van der Waals surface area contributed by atoms with Gasteiger partial charge in [0.1, 0.15) is 0 Å². The molecule has 1 atom stereocenters. The van der Waals surface area contributed by atoms with Crippen LogP contribution in [0.2, 0.25) is 0 Å². The molecule has 0 aliphatic rings. The number of hydrogen-bond donors (Lipinski definition) is 0. The van der Waals surface area contributed by atoms with Crippen LogP contribution in [-0.4, -0.2) is 26.2 Å². The first-order valence-electron chi connectivity index (χ1n) is 4.50. The molecule has 5 heteroatoms. The van der Waals surface area contributed by atoms with Crippen LogP contribution in [0.4, 0.5) is 4.39 Å². The molecule has 0 heterocycles. The summed E-state index contributed by atoms with van der Waals surface area (Å²) in [7, 11) is 2.36. The highest BCUT2D eigenvalue weighted by Crippen LogP contribution is 2.19. The van der Waals surface area contributed by atoms with Crippen LogP contribution in [0.25, 0.3) is 0 Å². The van der Waals surface area contributed by atoms with Crippen molar-refractivity contribution in [2.45, 2.75) is 6.17 Å². The van der Waals surface area contributed by atoms with Crippen LogP contribution in [0.3, 0.4) is 0 Å². The Bertz CT molecular complexity index is 385. The minimum Gasteiger partial charge on any atom is -0.467 e. The molecule has 0 fully saturated rings. The van der Waals surface area contributed by atoms with E-state index in [0.717, 1.165) is 7.11 Å². The summed E-state index contributed by atoms with van der Waals surface area (Å²) in [4.78, 5) is 22.0. The lowest BCUT2D eigenvalue weighted by Crippen LogP contribution is -2.10. The summed E-state index contributed by atoms with van der Waals surface area (Å²) in [6, 6.07) is 5.45. The van der Waals surface area contributed by atoms with Gasteiger partial charge in [0.2, 0.25) is 6.17 Å². The normalized spacial score (nSPS) is 11.7. The molecule has 0 bridgehead atoms. The van der Waals surface area contributed by atoms with Gasteiger partial charge in [0, 0.05) is 0 Å². The number of rotatable bonds is 3. The number of ether oxygens (including phenoxy) is 2. The minimum atomic E-state index is -1.84. The molecule has 0 radical (unpaired) electrons. The van der Waals surface area contributed by atoms with Gasteiger partial charge in [-0.2, -0.15) is 0 Å². The van der Waals surface area contributed by atoms with E-state index >= 15 is 0 Å². The van der Waals surface area contributed by atoms with E-state index in [-0.39, 0.29) is 5.56 Å². The lowest BCUT2D eigenvalue weighted by molar-refractivity contribution is -0.146. The SMILES string of the molecule is COC(=O)c1ccc(C(F)C(=O)OC)cc1. The molecule has 1 aromatic carbocycles. The molecule has 1 rings (SSSR count). The van der Waals surface area contributed by atoms with Crippen LogP contribution >= 0.6 is 0 Å². The lowest BCUT2D eigenvalue weighted by Gasteiger charge is -2.06. The van der Waals surface area contributed by atoms with E-state index in [2.05, 4.69) is 9.47 Å². The molecular weight excluding hydrogens is 215 g/mol. The van der Waals surface area contributed by atoms with Crippen LogP contribution < -0.4 is 0 Å². The van der Waals surface area contributed by atoms with Crippen molar-refractivity contribution in [3.63, 3.8) is 0 Å². The van der Waals surface area contributed by atoms with Gasteiger partial charge in [-0.3, -0.25) is 0 Å². The van der Waals surface area contributed by atoms with Gasteiger partial charge in [0.15, 0.2) is 0 Å². The number of methoxy groups -OCH3 is 2. The number of benzene rings is 1. The zero-order chi connectivity index (χ0) is 12.1. The van der Waals surface area contributed by atoms with E-state index in [1.807, 2.05) is 0 Å². The van der Waals surface area contributed by atoms with E-state index in [9.17, 15) is 14.0 Å². The summed E-state index contributed by atoms with van der Waals surface area (Å²) in [6.45, 7) is 0. The van der Waals surface area contributed by atoms with E-state index in [1.54, 1.807) is 0 Å². The third-order valence-corrected chi connectivity index (χ3v) is 2.03. The van der Waals surface area contributed by atoms with E-state index in [1.165, 1.54) is 31.4 Å². The van der Waals surface area contributed by atoms with Crippen molar-refractivity contribution in [3.05, 3.63) is 35.4 Å². The highest BCUT2D eigenvalue weighted by Gasteiger charge is 2.20. The summed E-state index contributed by atoms with van der Waals surface area (Å²) in [5.41, 5.74) is 0.433. The van der Waals surface area contributed by atoms with Crippen molar-refractivity contribution in [1.29, 1.82) is 0 Å². The first-order chi connectivity index (χ1) is 7.60. The Hall–Kier alpha value is -1.91. The van der Waals surface area contributed by atoms with Gasteiger partial charge in [-0.05, 0) is 17.7 Å². The Kier molecular flexibility index (Phi) is 3.99. The second kappa shape index (κ2) is 5.25. The fraction of sp³-hybridized carbons (Fsp3) is 0.273. The highest BCUT2D eigenvalue weighted by molar-refractivity contribution is 5.89. The summed E-state index contributed by atoms with van der Waals surface area (Å²) in [6.07, 6.45) is -1.84. The molecule has 0 aliphatic heterocycles. The zero-order valence-corrected chi connectivity index (χ0v) is 8.90. The maximum Gasteiger partial charge on any atom is 0.345 e. The van der Waals surface area contributed by atoms with Gasteiger partial charge >= 0.3 is 11.9 Å². The fourth-order valence-electron chi connectivity index (χ4n) is 1.15. The molecule has 0 saturated heterocycles.